The highest BCUT2D eigenvalue weighted by Crippen LogP contribution is 2.24. The minimum Gasteiger partial charge on any atom is -0.483 e. The van der Waals surface area contributed by atoms with Crippen LogP contribution in [0, 0.1) is 11.6 Å². The van der Waals surface area contributed by atoms with Gasteiger partial charge in [-0.15, -0.1) is 0 Å². The van der Waals surface area contributed by atoms with Crippen LogP contribution in [0.2, 0.25) is 0 Å². The van der Waals surface area contributed by atoms with Crippen molar-refractivity contribution in [3.05, 3.63) is 59.4 Å². The predicted molar refractivity (Wildman–Crippen MR) is 75.3 cm³/mol. The Morgan fingerprint density at radius 3 is 2.73 bits per heavy atom. The summed E-state index contributed by atoms with van der Waals surface area (Å²) in [6.45, 7) is -0.0601. The summed E-state index contributed by atoms with van der Waals surface area (Å²) in [6.07, 6.45) is 0. The molecule has 0 saturated heterocycles. The number of para-hydroxylation sites is 2. The normalized spacial score (nSPS) is 10.8. The first-order valence-electron chi connectivity index (χ1n) is 6.40. The molecule has 0 radical (unpaired) electrons. The minimum atomic E-state index is -1.19. The summed E-state index contributed by atoms with van der Waals surface area (Å²) in [5.74, 6) is -3.13. The zero-order chi connectivity index (χ0) is 15.7. The van der Waals surface area contributed by atoms with Crippen molar-refractivity contribution in [2.75, 3.05) is 0 Å². The zero-order valence-corrected chi connectivity index (χ0v) is 11.3. The van der Waals surface area contributed by atoms with Crippen LogP contribution < -0.4 is 10.5 Å². The molecule has 0 bridgehead atoms. The summed E-state index contributed by atoms with van der Waals surface area (Å²) in [7, 11) is 0. The maximum Gasteiger partial charge on any atom is 0.254 e. The van der Waals surface area contributed by atoms with Crippen molar-refractivity contribution in [2.24, 2.45) is 5.73 Å². The van der Waals surface area contributed by atoms with Crippen molar-refractivity contribution in [3.63, 3.8) is 0 Å². The SMILES string of the molecule is NC(=O)c1c(F)ccc(OCc2nc3ccccc3[nH]2)c1F. The van der Waals surface area contributed by atoms with Crippen molar-refractivity contribution < 1.29 is 18.3 Å². The van der Waals surface area contributed by atoms with E-state index in [2.05, 4.69) is 9.97 Å². The molecule has 0 atom stereocenters. The van der Waals surface area contributed by atoms with Crippen molar-refractivity contribution in [3.8, 4) is 5.75 Å². The van der Waals surface area contributed by atoms with E-state index in [9.17, 15) is 13.6 Å². The summed E-state index contributed by atoms with van der Waals surface area (Å²) >= 11 is 0. The molecular formula is C15H11F2N3O2. The van der Waals surface area contributed by atoms with Crippen LogP contribution in [0.5, 0.6) is 5.75 Å². The highest BCUT2D eigenvalue weighted by molar-refractivity contribution is 5.93. The molecule has 3 N–H and O–H groups in total. The molecule has 0 saturated carbocycles. The fourth-order valence-corrected chi connectivity index (χ4v) is 2.09. The largest absolute Gasteiger partial charge is 0.483 e. The van der Waals surface area contributed by atoms with Gasteiger partial charge in [0.1, 0.15) is 23.8 Å². The Hall–Kier alpha value is -2.96. The van der Waals surface area contributed by atoms with Gasteiger partial charge in [-0.3, -0.25) is 4.79 Å². The summed E-state index contributed by atoms with van der Waals surface area (Å²) in [5.41, 5.74) is 5.70. The zero-order valence-electron chi connectivity index (χ0n) is 11.3. The second-order valence-corrected chi connectivity index (χ2v) is 4.59. The van der Waals surface area contributed by atoms with E-state index in [-0.39, 0.29) is 12.4 Å². The molecule has 0 aliphatic heterocycles. The number of hydrogen-bond acceptors (Lipinski definition) is 3. The van der Waals surface area contributed by atoms with Crippen LogP contribution in [0.1, 0.15) is 16.2 Å². The van der Waals surface area contributed by atoms with E-state index < -0.39 is 23.1 Å². The third-order valence-electron chi connectivity index (χ3n) is 3.10. The van der Waals surface area contributed by atoms with Gasteiger partial charge in [0, 0.05) is 0 Å². The Balaban J connectivity index is 1.84. The number of carbonyl (C=O) groups excluding carboxylic acids is 1. The van der Waals surface area contributed by atoms with Gasteiger partial charge in [0.2, 0.25) is 0 Å². The Bertz CT molecular complexity index is 828. The summed E-state index contributed by atoms with van der Waals surface area (Å²) in [5, 5.41) is 0. The van der Waals surface area contributed by atoms with Crippen molar-refractivity contribution in [1.82, 2.24) is 9.97 Å². The van der Waals surface area contributed by atoms with Gasteiger partial charge in [0.25, 0.3) is 5.91 Å². The molecule has 0 aliphatic rings. The molecule has 1 heterocycles. The number of primary amides is 1. The molecule has 112 valence electrons. The number of halogens is 2. The van der Waals surface area contributed by atoms with Crippen molar-refractivity contribution in [2.45, 2.75) is 6.61 Å². The van der Waals surface area contributed by atoms with E-state index in [1.165, 1.54) is 0 Å². The van der Waals surface area contributed by atoms with Crippen molar-refractivity contribution >= 4 is 16.9 Å². The van der Waals surface area contributed by atoms with Gasteiger partial charge in [-0.25, -0.2) is 13.8 Å². The first-order chi connectivity index (χ1) is 10.6. The number of imidazole rings is 1. The van der Waals surface area contributed by atoms with Crippen molar-refractivity contribution in [1.29, 1.82) is 0 Å². The molecule has 3 aromatic rings. The lowest BCUT2D eigenvalue weighted by molar-refractivity contribution is 0.0991. The molecule has 0 unspecified atom stereocenters. The quantitative estimate of drug-likeness (QED) is 0.777. The second-order valence-electron chi connectivity index (χ2n) is 4.59. The topological polar surface area (TPSA) is 81.0 Å². The smallest absolute Gasteiger partial charge is 0.254 e. The van der Waals surface area contributed by atoms with Gasteiger partial charge in [-0.1, -0.05) is 12.1 Å². The minimum absolute atomic E-state index is 0.0601. The number of nitrogens with two attached hydrogens (primary N) is 1. The molecule has 0 aliphatic carbocycles. The van der Waals surface area contributed by atoms with Crippen LogP contribution in [-0.4, -0.2) is 15.9 Å². The number of fused-ring (bicyclic) bond motifs is 1. The Kier molecular flexibility index (Phi) is 3.46. The summed E-state index contributed by atoms with van der Waals surface area (Å²) in [4.78, 5) is 18.3. The van der Waals surface area contributed by atoms with Gasteiger partial charge in [0.05, 0.1) is 11.0 Å². The Morgan fingerprint density at radius 2 is 2.00 bits per heavy atom. The van der Waals surface area contributed by atoms with Gasteiger partial charge >= 0.3 is 0 Å². The molecule has 0 spiro atoms. The molecular weight excluding hydrogens is 292 g/mol. The Labute approximate surface area is 123 Å². The number of ether oxygens (including phenoxy) is 1. The fraction of sp³-hybridized carbons (Fsp3) is 0.0667. The molecule has 1 aromatic heterocycles. The Morgan fingerprint density at radius 1 is 1.23 bits per heavy atom. The average molecular weight is 303 g/mol. The lowest BCUT2D eigenvalue weighted by atomic mass is 10.1. The summed E-state index contributed by atoms with van der Waals surface area (Å²) < 4.78 is 32.6. The number of benzene rings is 2. The fourth-order valence-electron chi connectivity index (χ4n) is 2.09. The number of nitrogens with one attached hydrogen (secondary N) is 1. The first-order valence-corrected chi connectivity index (χ1v) is 6.40. The monoisotopic (exact) mass is 303 g/mol. The van der Waals surface area contributed by atoms with Gasteiger partial charge in [-0.05, 0) is 24.3 Å². The number of rotatable bonds is 4. The molecule has 22 heavy (non-hydrogen) atoms. The molecule has 1 amide bonds. The number of hydrogen-bond donors (Lipinski definition) is 2. The lowest BCUT2D eigenvalue weighted by Gasteiger charge is -2.08. The molecule has 3 rings (SSSR count). The third-order valence-corrected chi connectivity index (χ3v) is 3.10. The van der Waals surface area contributed by atoms with Gasteiger partial charge < -0.3 is 15.5 Å². The third kappa shape index (κ3) is 2.48. The number of amides is 1. The highest BCUT2D eigenvalue weighted by atomic mass is 19.1. The van der Waals surface area contributed by atoms with Crippen LogP contribution in [0.4, 0.5) is 8.78 Å². The number of nitrogens with zero attached hydrogens (tertiary/aromatic N) is 1. The number of aromatic amines is 1. The molecule has 7 heteroatoms. The molecule has 5 nitrogen and oxygen atoms in total. The van der Waals surface area contributed by atoms with Crippen LogP contribution in [0.3, 0.4) is 0 Å². The van der Waals surface area contributed by atoms with E-state index in [1.54, 1.807) is 0 Å². The van der Waals surface area contributed by atoms with E-state index in [0.717, 1.165) is 23.2 Å². The standard InChI is InChI=1S/C15H11F2N3O2/c16-8-5-6-11(14(17)13(8)15(18)21)22-7-12-19-9-3-1-2-4-10(9)20-12/h1-6H,7H2,(H2,18,21)(H,19,20). The maximum absolute atomic E-state index is 14.0. The maximum atomic E-state index is 14.0. The lowest BCUT2D eigenvalue weighted by Crippen LogP contribution is -2.16. The van der Waals surface area contributed by atoms with Crippen LogP contribution >= 0.6 is 0 Å². The van der Waals surface area contributed by atoms with E-state index in [1.807, 2.05) is 24.3 Å². The second kappa shape index (κ2) is 5.44. The van der Waals surface area contributed by atoms with Crippen LogP contribution in [0.25, 0.3) is 11.0 Å². The van der Waals surface area contributed by atoms with E-state index in [0.29, 0.717) is 5.82 Å². The number of aromatic nitrogens is 2. The predicted octanol–water partition coefficient (Wildman–Crippen LogP) is 2.52. The van der Waals surface area contributed by atoms with Crippen LogP contribution in [-0.2, 0) is 6.61 Å². The van der Waals surface area contributed by atoms with Crippen LogP contribution in [0.15, 0.2) is 36.4 Å². The first kappa shape index (κ1) is 14.0. The number of carbonyl (C=O) groups is 1. The van der Waals surface area contributed by atoms with Gasteiger partial charge in [-0.2, -0.15) is 0 Å². The average Bonchev–Trinajstić information content (AvgIpc) is 2.89. The number of H-pyrrole nitrogens is 1. The summed E-state index contributed by atoms with van der Waals surface area (Å²) in [6, 6.07) is 9.38. The van der Waals surface area contributed by atoms with E-state index in [4.69, 9.17) is 10.5 Å². The highest BCUT2D eigenvalue weighted by Gasteiger charge is 2.19. The van der Waals surface area contributed by atoms with E-state index >= 15 is 0 Å². The molecule has 0 fully saturated rings. The molecule has 2 aromatic carbocycles. The van der Waals surface area contributed by atoms with Gasteiger partial charge in [0.15, 0.2) is 11.6 Å².